The van der Waals surface area contributed by atoms with Gasteiger partial charge in [-0.2, -0.15) is 0 Å². The number of primary amides is 1. The molecule has 0 aliphatic rings. The minimum Gasteiger partial charge on any atom is -0.366 e. The Kier molecular flexibility index (Phi) is 2.68. The van der Waals surface area contributed by atoms with Crippen molar-refractivity contribution in [1.29, 1.82) is 0 Å². The van der Waals surface area contributed by atoms with E-state index in [9.17, 15) is 9.18 Å². The molecule has 0 atom stereocenters. The van der Waals surface area contributed by atoms with Crippen molar-refractivity contribution in [3.05, 3.63) is 59.9 Å². The molecule has 0 saturated carbocycles. The van der Waals surface area contributed by atoms with Gasteiger partial charge in [0.15, 0.2) is 0 Å². The standard InChI is InChI=1S/C13H10FNO/c14-10-6-7-11(13(15)16)12(8-10)9-4-2-1-3-5-9/h1-8H,(H2,15,16). The maximum atomic E-state index is 13.1. The molecule has 0 bridgehead atoms. The Labute approximate surface area is 92.5 Å². The van der Waals surface area contributed by atoms with Crippen molar-refractivity contribution in [2.45, 2.75) is 0 Å². The van der Waals surface area contributed by atoms with Crippen LogP contribution < -0.4 is 5.73 Å². The number of carbonyl (C=O) groups is 1. The fourth-order valence-corrected chi connectivity index (χ4v) is 1.59. The van der Waals surface area contributed by atoms with Gasteiger partial charge in [0.05, 0.1) is 0 Å². The minimum atomic E-state index is -0.557. The fourth-order valence-electron chi connectivity index (χ4n) is 1.59. The average molecular weight is 215 g/mol. The highest BCUT2D eigenvalue weighted by Crippen LogP contribution is 2.24. The molecule has 0 aromatic heterocycles. The van der Waals surface area contributed by atoms with E-state index in [1.807, 2.05) is 18.2 Å². The second-order valence-electron chi connectivity index (χ2n) is 3.42. The summed E-state index contributed by atoms with van der Waals surface area (Å²) in [6.07, 6.45) is 0. The Bertz CT molecular complexity index is 523. The summed E-state index contributed by atoms with van der Waals surface area (Å²) in [5.41, 5.74) is 6.86. The first-order valence-electron chi connectivity index (χ1n) is 4.83. The van der Waals surface area contributed by atoms with E-state index in [1.54, 1.807) is 12.1 Å². The maximum absolute atomic E-state index is 13.1. The van der Waals surface area contributed by atoms with Gasteiger partial charge in [0.1, 0.15) is 5.82 Å². The molecule has 0 unspecified atom stereocenters. The molecule has 0 spiro atoms. The molecule has 0 aliphatic heterocycles. The van der Waals surface area contributed by atoms with Crippen LogP contribution in [0.5, 0.6) is 0 Å². The van der Waals surface area contributed by atoms with E-state index in [4.69, 9.17) is 5.73 Å². The SMILES string of the molecule is NC(=O)c1ccc(F)cc1-c1ccccc1. The van der Waals surface area contributed by atoms with Crippen molar-refractivity contribution in [3.63, 3.8) is 0 Å². The zero-order valence-electron chi connectivity index (χ0n) is 8.48. The molecule has 2 nitrogen and oxygen atoms in total. The smallest absolute Gasteiger partial charge is 0.249 e. The first kappa shape index (κ1) is 10.4. The average Bonchev–Trinajstić information content (AvgIpc) is 2.29. The molecule has 2 aromatic rings. The van der Waals surface area contributed by atoms with E-state index < -0.39 is 5.91 Å². The Morgan fingerprint density at radius 1 is 1.06 bits per heavy atom. The molecule has 1 amide bonds. The van der Waals surface area contributed by atoms with E-state index in [0.29, 0.717) is 11.1 Å². The lowest BCUT2D eigenvalue weighted by Gasteiger charge is -2.06. The summed E-state index contributed by atoms with van der Waals surface area (Å²) >= 11 is 0. The van der Waals surface area contributed by atoms with Gasteiger partial charge in [0.2, 0.25) is 5.91 Å². The van der Waals surface area contributed by atoms with Gasteiger partial charge in [0, 0.05) is 5.56 Å². The number of halogens is 1. The number of carbonyl (C=O) groups excluding carboxylic acids is 1. The maximum Gasteiger partial charge on any atom is 0.249 e. The number of rotatable bonds is 2. The molecule has 0 fully saturated rings. The van der Waals surface area contributed by atoms with Gasteiger partial charge in [-0.15, -0.1) is 0 Å². The summed E-state index contributed by atoms with van der Waals surface area (Å²) in [7, 11) is 0. The number of amides is 1. The first-order chi connectivity index (χ1) is 7.68. The summed E-state index contributed by atoms with van der Waals surface area (Å²) in [6, 6.07) is 13.1. The molecule has 2 rings (SSSR count). The van der Waals surface area contributed by atoms with Gasteiger partial charge < -0.3 is 5.73 Å². The van der Waals surface area contributed by atoms with E-state index in [1.165, 1.54) is 18.2 Å². The topological polar surface area (TPSA) is 43.1 Å². The van der Waals surface area contributed by atoms with Crippen LogP contribution >= 0.6 is 0 Å². The molecular weight excluding hydrogens is 205 g/mol. The Balaban J connectivity index is 2.63. The van der Waals surface area contributed by atoms with Crippen molar-refractivity contribution < 1.29 is 9.18 Å². The molecule has 2 aromatic carbocycles. The van der Waals surface area contributed by atoms with Gasteiger partial charge in [-0.05, 0) is 29.3 Å². The Hall–Kier alpha value is -2.16. The van der Waals surface area contributed by atoms with Crippen LogP contribution in [0.1, 0.15) is 10.4 Å². The number of hydrogen-bond acceptors (Lipinski definition) is 1. The van der Waals surface area contributed by atoms with Crippen LogP contribution in [0.4, 0.5) is 4.39 Å². The number of benzene rings is 2. The van der Waals surface area contributed by atoms with Gasteiger partial charge in [-0.3, -0.25) is 4.79 Å². The molecule has 2 N–H and O–H groups in total. The fraction of sp³-hybridized carbons (Fsp3) is 0. The first-order valence-corrected chi connectivity index (χ1v) is 4.83. The van der Waals surface area contributed by atoms with Crippen LogP contribution in [-0.4, -0.2) is 5.91 Å². The molecule has 0 saturated heterocycles. The van der Waals surface area contributed by atoms with Crippen LogP contribution in [0.2, 0.25) is 0 Å². The van der Waals surface area contributed by atoms with E-state index in [-0.39, 0.29) is 5.82 Å². The van der Waals surface area contributed by atoms with E-state index in [0.717, 1.165) is 5.56 Å². The van der Waals surface area contributed by atoms with Crippen LogP contribution in [0.15, 0.2) is 48.5 Å². The molecule has 0 radical (unpaired) electrons. The second kappa shape index (κ2) is 4.14. The largest absolute Gasteiger partial charge is 0.366 e. The van der Waals surface area contributed by atoms with Gasteiger partial charge >= 0.3 is 0 Å². The van der Waals surface area contributed by atoms with Gasteiger partial charge in [0.25, 0.3) is 0 Å². The summed E-state index contributed by atoms with van der Waals surface area (Å²) in [4.78, 5) is 11.2. The third-order valence-corrected chi connectivity index (χ3v) is 2.33. The third-order valence-electron chi connectivity index (χ3n) is 2.33. The van der Waals surface area contributed by atoms with Crippen molar-refractivity contribution in [2.24, 2.45) is 5.73 Å². The highest BCUT2D eigenvalue weighted by Gasteiger charge is 2.10. The van der Waals surface area contributed by atoms with Crippen LogP contribution in [0.25, 0.3) is 11.1 Å². The lowest BCUT2D eigenvalue weighted by molar-refractivity contribution is 0.100. The summed E-state index contributed by atoms with van der Waals surface area (Å²) < 4.78 is 13.1. The second-order valence-corrected chi connectivity index (χ2v) is 3.42. The van der Waals surface area contributed by atoms with Gasteiger partial charge in [-0.1, -0.05) is 30.3 Å². The molecule has 0 aliphatic carbocycles. The lowest BCUT2D eigenvalue weighted by atomic mass is 9.99. The molecule has 3 heteroatoms. The third kappa shape index (κ3) is 1.93. The van der Waals surface area contributed by atoms with Crippen LogP contribution in [0, 0.1) is 5.82 Å². The number of hydrogen-bond donors (Lipinski definition) is 1. The van der Waals surface area contributed by atoms with Crippen molar-refractivity contribution in [2.75, 3.05) is 0 Å². The molecular formula is C13H10FNO. The molecule has 16 heavy (non-hydrogen) atoms. The highest BCUT2D eigenvalue weighted by molar-refractivity contribution is 5.99. The van der Waals surface area contributed by atoms with Crippen molar-refractivity contribution in [1.82, 2.24) is 0 Å². The highest BCUT2D eigenvalue weighted by atomic mass is 19.1. The zero-order valence-corrected chi connectivity index (χ0v) is 8.48. The van der Waals surface area contributed by atoms with Crippen molar-refractivity contribution >= 4 is 5.91 Å². The Morgan fingerprint density at radius 2 is 1.75 bits per heavy atom. The Morgan fingerprint density at radius 3 is 2.38 bits per heavy atom. The minimum absolute atomic E-state index is 0.326. The summed E-state index contributed by atoms with van der Waals surface area (Å²) in [5, 5.41) is 0. The normalized spacial score (nSPS) is 10.1. The summed E-state index contributed by atoms with van der Waals surface area (Å²) in [6.45, 7) is 0. The van der Waals surface area contributed by atoms with Crippen LogP contribution in [0.3, 0.4) is 0 Å². The lowest BCUT2D eigenvalue weighted by Crippen LogP contribution is -2.12. The number of nitrogens with two attached hydrogens (primary N) is 1. The monoisotopic (exact) mass is 215 g/mol. The van der Waals surface area contributed by atoms with Gasteiger partial charge in [-0.25, -0.2) is 4.39 Å². The van der Waals surface area contributed by atoms with E-state index in [2.05, 4.69) is 0 Å². The van der Waals surface area contributed by atoms with Crippen LogP contribution in [-0.2, 0) is 0 Å². The predicted molar refractivity (Wildman–Crippen MR) is 60.4 cm³/mol. The quantitative estimate of drug-likeness (QED) is 0.822. The molecule has 80 valence electrons. The molecule has 0 heterocycles. The van der Waals surface area contributed by atoms with E-state index >= 15 is 0 Å². The summed E-state index contributed by atoms with van der Waals surface area (Å²) in [5.74, 6) is -0.942. The zero-order chi connectivity index (χ0) is 11.5. The van der Waals surface area contributed by atoms with Crippen molar-refractivity contribution in [3.8, 4) is 11.1 Å². The predicted octanol–water partition coefficient (Wildman–Crippen LogP) is 2.59.